The van der Waals surface area contributed by atoms with Crippen LogP contribution in [0.5, 0.6) is 23.0 Å². The minimum absolute atomic E-state index is 0.125. The van der Waals surface area contributed by atoms with Crippen LogP contribution in [0.2, 0.25) is 0 Å². The summed E-state index contributed by atoms with van der Waals surface area (Å²) >= 11 is 0. The third kappa shape index (κ3) is 7.96. The van der Waals surface area contributed by atoms with Crippen molar-refractivity contribution in [3.8, 4) is 34.1 Å². The zero-order chi connectivity index (χ0) is 30.9. The minimum atomic E-state index is -3.32. The van der Waals surface area contributed by atoms with Crippen molar-refractivity contribution in [2.24, 2.45) is 0 Å². The molecule has 1 N–H and O–H groups in total. The molecule has 0 aliphatic heterocycles. The number of benzene rings is 5. The Morgan fingerprint density at radius 3 is 2.14 bits per heavy atom. The molecular formula is C36H37NO6S. The van der Waals surface area contributed by atoms with Crippen LogP contribution in [0.3, 0.4) is 0 Å². The number of aliphatic hydroxyl groups excluding tert-OH is 1. The molecule has 5 rings (SSSR count). The average Bonchev–Trinajstić information content (AvgIpc) is 3.04. The van der Waals surface area contributed by atoms with Crippen LogP contribution in [0.25, 0.3) is 21.9 Å². The Kier molecular flexibility index (Phi) is 10.2. The van der Waals surface area contributed by atoms with Gasteiger partial charge in [-0.1, -0.05) is 55.5 Å². The van der Waals surface area contributed by atoms with Crippen molar-refractivity contribution >= 4 is 20.6 Å². The van der Waals surface area contributed by atoms with Gasteiger partial charge in [-0.2, -0.15) is 0 Å². The van der Waals surface area contributed by atoms with Crippen LogP contribution in [0, 0.1) is 0 Å². The Morgan fingerprint density at radius 1 is 0.750 bits per heavy atom. The quantitative estimate of drug-likeness (QED) is 0.145. The molecular weight excluding hydrogens is 574 g/mol. The molecule has 0 aliphatic rings. The van der Waals surface area contributed by atoms with E-state index >= 15 is 0 Å². The van der Waals surface area contributed by atoms with Crippen LogP contribution >= 0.6 is 0 Å². The van der Waals surface area contributed by atoms with Gasteiger partial charge in [-0.3, -0.25) is 4.90 Å². The number of likely N-dealkylation sites (N-methyl/N-ethyl adjacent to an activating group) is 1. The zero-order valence-corrected chi connectivity index (χ0v) is 25.8. The monoisotopic (exact) mass is 611 g/mol. The van der Waals surface area contributed by atoms with E-state index in [1.54, 1.807) is 24.3 Å². The van der Waals surface area contributed by atoms with Crippen molar-refractivity contribution < 1.29 is 27.7 Å². The highest BCUT2D eigenvalue weighted by atomic mass is 32.2. The van der Waals surface area contributed by atoms with Crippen molar-refractivity contribution in [1.82, 2.24) is 4.90 Å². The van der Waals surface area contributed by atoms with Gasteiger partial charge in [-0.15, -0.1) is 0 Å². The number of hydrogen-bond acceptors (Lipinski definition) is 7. The third-order valence-corrected chi connectivity index (χ3v) is 8.50. The Labute approximate surface area is 259 Å². The van der Waals surface area contributed by atoms with Gasteiger partial charge < -0.3 is 19.3 Å². The van der Waals surface area contributed by atoms with E-state index in [1.165, 1.54) is 6.26 Å². The van der Waals surface area contributed by atoms with E-state index in [0.717, 1.165) is 52.1 Å². The van der Waals surface area contributed by atoms with E-state index in [4.69, 9.17) is 14.2 Å². The predicted molar refractivity (Wildman–Crippen MR) is 174 cm³/mol. The van der Waals surface area contributed by atoms with Crippen LogP contribution in [-0.4, -0.2) is 57.5 Å². The van der Waals surface area contributed by atoms with Gasteiger partial charge in [0.25, 0.3) is 0 Å². The summed E-state index contributed by atoms with van der Waals surface area (Å²) in [5.41, 5.74) is 2.76. The first-order valence-corrected chi connectivity index (χ1v) is 16.5. The number of aliphatic hydroxyl groups is 1. The number of hydrogen-bond donors (Lipinski definition) is 1. The molecule has 5 aromatic rings. The first-order chi connectivity index (χ1) is 21.3. The second kappa shape index (κ2) is 14.4. The normalized spacial score (nSPS) is 11.5. The van der Waals surface area contributed by atoms with Crippen molar-refractivity contribution in [1.29, 1.82) is 0 Å². The third-order valence-electron chi connectivity index (χ3n) is 7.37. The topological polar surface area (TPSA) is 85.3 Å². The van der Waals surface area contributed by atoms with E-state index in [1.807, 2.05) is 84.9 Å². The van der Waals surface area contributed by atoms with Gasteiger partial charge in [-0.05, 0) is 83.7 Å². The van der Waals surface area contributed by atoms with E-state index in [0.29, 0.717) is 31.3 Å². The first-order valence-electron chi connectivity index (χ1n) is 14.6. The van der Waals surface area contributed by atoms with Crippen LogP contribution < -0.4 is 14.2 Å². The van der Waals surface area contributed by atoms with Gasteiger partial charge in [0, 0.05) is 30.3 Å². The van der Waals surface area contributed by atoms with Crippen molar-refractivity contribution in [2.45, 2.75) is 18.4 Å². The fourth-order valence-electron chi connectivity index (χ4n) is 4.91. The second-order valence-corrected chi connectivity index (χ2v) is 12.5. The summed E-state index contributed by atoms with van der Waals surface area (Å²) in [5, 5.41) is 11.0. The lowest BCUT2D eigenvalue weighted by molar-refractivity contribution is 0.174. The highest BCUT2D eigenvalue weighted by Gasteiger charge is 2.15. The molecule has 0 unspecified atom stereocenters. The Bertz CT molecular complexity index is 1770. The highest BCUT2D eigenvalue weighted by Crippen LogP contribution is 2.41. The smallest absolute Gasteiger partial charge is 0.175 e. The molecule has 8 heteroatoms. The number of nitrogens with zero attached hydrogens (tertiary/aromatic N) is 1. The van der Waals surface area contributed by atoms with E-state index in [2.05, 4.69) is 11.8 Å². The summed E-state index contributed by atoms with van der Waals surface area (Å²) in [6.07, 6.45) is 1.20. The summed E-state index contributed by atoms with van der Waals surface area (Å²) in [6.45, 7) is 5.36. The Morgan fingerprint density at radius 2 is 1.45 bits per heavy atom. The summed E-state index contributed by atoms with van der Waals surface area (Å²) < 4.78 is 42.6. The van der Waals surface area contributed by atoms with Crippen molar-refractivity contribution in [3.05, 3.63) is 115 Å². The largest absolute Gasteiger partial charge is 0.492 e. The molecule has 5 aromatic carbocycles. The summed E-state index contributed by atoms with van der Waals surface area (Å²) in [6, 6.07) is 34.3. The molecule has 0 amide bonds. The number of rotatable bonds is 14. The van der Waals surface area contributed by atoms with E-state index < -0.39 is 9.84 Å². The molecule has 0 atom stereocenters. The molecule has 0 heterocycles. The molecule has 0 radical (unpaired) electrons. The van der Waals surface area contributed by atoms with E-state index in [9.17, 15) is 13.5 Å². The molecule has 228 valence electrons. The van der Waals surface area contributed by atoms with Crippen molar-refractivity contribution in [2.75, 3.05) is 39.1 Å². The van der Waals surface area contributed by atoms with Gasteiger partial charge >= 0.3 is 0 Å². The molecule has 0 aliphatic carbocycles. The molecule has 0 saturated heterocycles. The van der Waals surface area contributed by atoms with Crippen molar-refractivity contribution in [3.63, 3.8) is 0 Å². The summed E-state index contributed by atoms with van der Waals surface area (Å²) in [7, 11) is -3.32. The molecule has 0 aromatic heterocycles. The Hall–Kier alpha value is -4.37. The lowest BCUT2D eigenvalue weighted by Gasteiger charge is -2.19. The molecule has 0 saturated carbocycles. The van der Waals surface area contributed by atoms with Crippen LogP contribution in [0.15, 0.2) is 114 Å². The van der Waals surface area contributed by atoms with Gasteiger partial charge in [0.1, 0.15) is 36.2 Å². The molecule has 7 nitrogen and oxygen atoms in total. The molecule has 44 heavy (non-hydrogen) atoms. The SMILES string of the molecule is CCN(CCO)CCOc1ccc(Oc2c(-c3ccc(S(C)(=O)=O)cc3)ccc3cc(OCc4ccccc4)ccc23)cc1. The van der Waals surface area contributed by atoms with Crippen LogP contribution in [0.4, 0.5) is 0 Å². The van der Waals surface area contributed by atoms with Gasteiger partial charge in [0.15, 0.2) is 9.84 Å². The second-order valence-electron chi connectivity index (χ2n) is 10.5. The number of sulfone groups is 1. The lowest BCUT2D eigenvalue weighted by Crippen LogP contribution is -2.30. The van der Waals surface area contributed by atoms with Gasteiger partial charge in [-0.25, -0.2) is 8.42 Å². The standard InChI is InChI=1S/C36H37NO6S/c1-3-37(21-23-38)22-24-41-30-12-14-31(15-13-30)43-36-34(28-9-17-33(18-10-28)44(2,39)40)19-11-29-25-32(16-20-35(29)36)42-26-27-7-5-4-6-8-27/h4-20,25,38H,3,21-24,26H2,1-2H3. The number of fused-ring (bicyclic) bond motifs is 1. The molecule has 0 spiro atoms. The fourth-order valence-corrected chi connectivity index (χ4v) is 5.54. The van der Waals surface area contributed by atoms with Gasteiger partial charge in [0.2, 0.25) is 0 Å². The zero-order valence-electron chi connectivity index (χ0n) is 25.0. The Balaban J connectivity index is 1.42. The lowest BCUT2D eigenvalue weighted by atomic mass is 9.99. The maximum Gasteiger partial charge on any atom is 0.175 e. The highest BCUT2D eigenvalue weighted by molar-refractivity contribution is 7.90. The summed E-state index contributed by atoms with van der Waals surface area (Å²) in [4.78, 5) is 2.39. The van der Waals surface area contributed by atoms with E-state index in [-0.39, 0.29) is 11.5 Å². The fraction of sp³-hybridized carbons (Fsp3) is 0.222. The predicted octanol–water partition coefficient (Wildman–Crippen LogP) is 6.97. The maximum absolute atomic E-state index is 12.1. The van der Waals surface area contributed by atoms with Crippen LogP contribution in [0.1, 0.15) is 12.5 Å². The average molecular weight is 612 g/mol. The maximum atomic E-state index is 12.1. The first kappa shape index (κ1) is 31.1. The summed E-state index contributed by atoms with van der Waals surface area (Å²) in [5.74, 6) is 2.77. The van der Waals surface area contributed by atoms with Gasteiger partial charge in [0.05, 0.1) is 11.5 Å². The minimum Gasteiger partial charge on any atom is -0.492 e. The van der Waals surface area contributed by atoms with Crippen LogP contribution in [-0.2, 0) is 16.4 Å². The molecule has 0 fully saturated rings. The number of ether oxygens (including phenoxy) is 3. The molecule has 0 bridgehead atoms.